The van der Waals surface area contributed by atoms with E-state index in [2.05, 4.69) is 22.4 Å². The van der Waals surface area contributed by atoms with Gasteiger partial charge in [0.1, 0.15) is 11.3 Å². The molecule has 6 nitrogen and oxygen atoms in total. The van der Waals surface area contributed by atoms with Crippen LogP contribution in [0.15, 0.2) is 65.3 Å². The van der Waals surface area contributed by atoms with Gasteiger partial charge in [-0.05, 0) is 30.8 Å². The summed E-state index contributed by atoms with van der Waals surface area (Å²) in [5.74, 6) is 0.891. The van der Waals surface area contributed by atoms with Crippen molar-refractivity contribution in [3.8, 4) is 0 Å². The normalized spacial score (nSPS) is 13.6. The molecule has 0 atom stereocenters. The van der Waals surface area contributed by atoms with Gasteiger partial charge in [0.15, 0.2) is 0 Å². The van der Waals surface area contributed by atoms with E-state index in [4.69, 9.17) is 4.42 Å². The van der Waals surface area contributed by atoms with Crippen LogP contribution in [0.5, 0.6) is 0 Å². The number of carbonyl (C=O) groups excluding carboxylic acids is 1. The Morgan fingerprint density at radius 1 is 1.20 bits per heavy atom. The van der Waals surface area contributed by atoms with Gasteiger partial charge in [0, 0.05) is 42.3 Å². The van der Waals surface area contributed by atoms with Crippen LogP contribution in [-0.2, 0) is 19.5 Å². The van der Waals surface area contributed by atoms with Crippen LogP contribution in [0.4, 0.5) is 5.69 Å². The largest absolute Gasteiger partial charge is 0.461 e. The smallest absolute Gasteiger partial charge is 0.258 e. The zero-order valence-electron chi connectivity index (χ0n) is 16.7. The lowest BCUT2D eigenvalue weighted by Gasteiger charge is -2.21. The summed E-state index contributed by atoms with van der Waals surface area (Å²) in [6.45, 7) is 2.50. The molecule has 0 aliphatic carbocycles. The van der Waals surface area contributed by atoms with Gasteiger partial charge in [-0.15, -0.1) is 12.4 Å². The van der Waals surface area contributed by atoms with E-state index in [0.717, 1.165) is 47.5 Å². The van der Waals surface area contributed by atoms with E-state index in [1.807, 2.05) is 48.5 Å². The maximum atomic E-state index is 12.7. The number of rotatable bonds is 4. The van der Waals surface area contributed by atoms with Gasteiger partial charge in [0.05, 0.1) is 18.3 Å². The van der Waals surface area contributed by atoms with Gasteiger partial charge in [0.2, 0.25) is 0 Å². The van der Waals surface area contributed by atoms with Crippen molar-refractivity contribution in [2.24, 2.45) is 0 Å². The van der Waals surface area contributed by atoms with Crippen molar-refractivity contribution in [1.82, 2.24) is 14.7 Å². The molecule has 5 rings (SSSR count). The molecule has 0 saturated carbocycles. The van der Waals surface area contributed by atoms with E-state index in [-0.39, 0.29) is 18.3 Å². The summed E-state index contributed by atoms with van der Waals surface area (Å²) in [7, 11) is 2.11. The molecule has 0 unspecified atom stereocenters. The number of likely N-dealkylation sites (N-methyl/N-ethyl adjacent to an activating group) is 1. The molecule has 0 spiro atoms. The van der Waals surface area contributed by atoms with Gasteiger partial charge < -0.3 is 14.6 Å². The number of aromatic nitrogens is 2. The Bertz CT molecular complexity index is 1180. The molecular weight excluding hydrogens is 400 g/mol. The molecule has 0 saturated heterocycles. The van der Waals surface area contributed by atoms with E-state index < -0.39 is 0 Å². The molecule has 1 aliphatic heterocycles. The number of hydrogen-bond donors (Lipinski definition) is 1. The number of carbonyl (C=O) groups is 1. The lowest BCUT2D eigenvalue weighted by atomic mass is 10.0. The molecule has 0 bridgehead atoms. The molecule has 0 radical (unpaired) electrons. The third-order valence-electron chi connectivity index (χ3n) is 5.36. The average Bonchev–Trinajstić information content (AvgIpc) is 3.33. The molecule has 2 aromatic carbocycles. The van der Waals surface area contributed by atoms with Crippen molar-refractivity contribution in [2.45, 2.75) is 19.5 Å². The third-order valence-corrected chi connectivity index (χ3v) is 5.36. The monoisotopic (exact) mass is 422 g/mol. The highest BCUT2D eigenvalue weighted by Crippen LogP contribution is 2.32. The number of halogens is 1. The lowest BCUT2D eigenvalue weighted by Crippen LogP contribution is -2.25. The quantitative estimate of drug-likeness (QED) is 0.531. The van der Waals surface area contributed by atoms with Crippen LogP contribution >= 0.6 is 12.4 Å². The van der Waals surface area contributed by atoms with Crippen molar-refractivity contribution in [2.75, 3.05) is 18.9 Å². The Labute approximate surface area is 180 Å². The van der Waals surface area contributed by atoms with Gasteiger partial charge in [-0.1, -0.05) is 30.3 Å². The number of benzene rings is 2. The van der Waals surface area contributed by atoms with Crippen molar-refractivity contribution < 1.29 is 9.21 Å². The number of hydrogen-bond acceptors (Lipinski definition) is 4. The number of furan rings is 1. The maximum Gasteiger partial charge on any atom is 0.258 e. The summed E-state index contributed by atoms with van der Waals surface area (Å²) in [5, 5.41) is 8.38. The van der Waals surface area contributed by atoms with E-state index in [1.54, 1.807) is 17.1 Å². The fraction of sp³-hybridized carbons (Fsp3) is 0.217. The van der Waals surface area contributed by atoms with E-state index >= 15 is 0 Å². The van der Waals surface area contributed by atoms with Gasteiger partial charge in [-0.25, -0.2) is 0 Å². The second-order valence-corrected chi connectivity index (χ2v) is 7.57. The van der Waals surface area contributed by atoms with Gasteiger partial charge in [-0.2, -0.15) is 5.10 Å². The Balaban J connectivity index is 0.00000218. The van der Waals surface area contributed by atoms with Crippen molar-refractivity contribution >= 4 is 35.0 Å². The highest BCUT2D eigenvalue weighted by molar-refractivity contribution is 6.05. The summed E-state index contributed by atoms with van der Waals surface area (Å²) in [6.07, 6.45) is 4.30. The molecule has 1 N–H and O–H groups in total. The van der Waals surface area contributed by atoms with E-state index in [0.29, 0.717) is 12.1 Å². The molecule has 154 valence electrons. The molecule has 30 heavy (non-hydrogen) atoms. The first-order valence-corrected chi connectivity index (χ1v) is 9.76. The molecule has 1 amide bonds. The lowest BCUT2D eigenvalue weighted by molar-refractivity contribution is 0.102. The zero-order valence-corrected chi connectivity index (χ0v) is 17.5. The van der Waals surface area contributed by atoms with Gasteiger partial charge in [-0.3, -0.25) is 9.48 Å². The SMILES string of the molecule is CN1CCc2oc3ccc(NC(=O)c4cnn(Cc5ccccc5)c4)cc3c2C1.Cl. The fourth-order valence-electron chi connectivity index (χ4n) is 3.83. The number of anilines is 1. The van der Waals surface area contributed by atoms with E-state index in [9.17, 15) is 4.79 Å². The van der Waals surface area contributed by atoms with Crippen LogP contribution in [0, 0.1) is 0 Å². The molecule has 4 aromatic rings. The standard InChI is InChI=1S/C23H22N4O2.ClH/c1-26-10-9-22-20(15-26)19-11-18(7-8-21(19)29-22)25-23(28)17-12-24-27(14-17)13-16-5-3-2-4-6-16;/h2-8,11-12,14H,9-10,13,15H2,1H3,(H,25,28);1H. The fourth-order valence-corrected chi connectivity index (χ4v) is 3.83. The van der Waals surface area contributed by atoms with Crippen LogP contribution < -0.4 is 5.32 Å². The van der Waals surface area contributed by atoms with Gasteiger partial charge in [0.25, 0.3) is 5.91 Å². The summed E-state index contributed by atoms with van der Waals surface area (Å²) < 4.78 is 7.76. The first-order valence-electron chi connectivity index (χ1n) is 9.76. The maximum absolute atomic E-state index is 12.7. The number of amides is 1. The second kappa shape index (κ2) is 8.34. The second-order valence-electron chi connectivity index (χ2n) is 7.57. The molecule has 2 aromatic heterocycles. The minimum Gasteiger partial charge on any atom is -0.461 e. The average molecular weight is 423 g/mol. The molecule has 1 aliphatic rings. The van der Waals surface area contributed by atoms with Crippen LogP contribution in [0.2, 0.25) is 0 Å². The number of fused-ring (bicyclic) bond motifs is 3. The van der Waals surface area contributed by atoms with Crippen LogP contribution in [0.1, 0.15) is 27.2 Å². The third kappa shape index (κ3) is 3.97. The van der Waals surface area contributed by atoms with Gasteiger partial charge >= 0.3 is 0 Å². The number of nitrogens with zero attached hydrogens (tertiary/aromatic N) is 3. The predicted molar refractivity (Wildman–Crippen MR) is 119 cm³/mol. The molecule has 0 fully saturated rings. The molecule has 7 heteroatoms. The van der Waals surface area contributed by atoms with Crippen molar-refractivity contribution in [1.29, 1.82) is 0 Å². The predicted octanol–water partition coefficient (Wildman–Crippen LogP) is 4.34. The summed E-state index contributed by atoms with van der Waals surface area (Å²) in [4.78, 5) is 15.0. The topological polar surface area (TPSA) is 63.3 Å². The first kappa shape index (κ1) is 20.2. The van der Waals surface area contributed by atoms with Crippen LogP contribution in [0.25, 0.3) is 11.0 Å². The minimum atomic E-state index is -0.168. The summed E-state index contributed by atoms with van der Waals surface area (Å²) in [5.41, 5.74) is 4.53. The molecule has 3 heterocycles. The summed E-state index contributed by atoms with van der Waals surface area (Å²) >= 11 is 0. The number of nitrogens with one attached hydrogen (secondary N) is 1. The Hall–Kier alpha value is -3.09. The highest BCUT2D eigenvalue weighted by Gasteiger charge is 2.21. The van der Waals surface area contributed by atoms with Crippen molar-refractivity contribution in [3.05, 3.63) is 83.4 Å². The minimum absolute atomic E-state index is 0. The Morgan fingerprint density at radius 2 is 2.03 bits per heavy atom. The first-order chi connectivity index (χ1) is 14.2. The zero-order chi connectivity index (χ0) is 19.8. The molecular formula is C23H23ClN4O2. The van der Waals surface area contributed by atoms with Crippen LogP contribution in [0.3, 0.4) is 0 Å². The Kier molecular flexibility index (Phi) is 5.61. The van der Waals surface area contributed by atoms with Crippen molar-refractivity contribution in [3.63, 3.8) is 0 Å². The Morgan fingerprint density at radius 3 is 2.87 bits per heavy atom. The van der Waals surface area contributed by atoms with E-state index in [1.165, 1.54) is 5.56 Å². The highest BCUT2D eigenvalue weighted by atomic mass is 35.5. The summed E-state index contributed by atoms with van der Waals surface area (Å²) in [6, 6.07) is 15.9. The van der Waals surface area contributed by atoms with Crippen LogP contribution in [-0.4, -0.2) is 34.2 Å².